The van der Waals surface area contributed by atoms with Gasteiger partial charge in [-0.15, -0.1) is 0 Å². The summed E-state index contributed by atoms with van der Waals surface area (Å²) in [5, 5.41) is 0.770. The van der Waals surface area contributed by atoms with Crippen molar-refractivity contribution in [1.29, 1.82) is 0 Å². The maximum atomic E-state index is 12.8. The topological polar surface area (TPSA) is 46.3 Å². The van der Waals surface area contributed by atoms with Gasteiger partial charge in [0.1, 0.15) is 5.76 Å². The van der Waals surface area contributed by atoms with Gasteiger partial charge in [-0.1, -0.05) is 37.3 Å². The zero-order valence-corrected chi connectivity index (χ0v) is 14.7. The molecule has 0 atom stereocenters. The summed E-state index contributed by atoms with van der Waals surface area (Å²) in [5.74, 6) is 1.50. The van der Waals surface area contributed by atoms with Gasteiger partial charge < -0.3 is 4.42 Å². The minimum Gasteiger partial charge on any atom is -0.467 e. The molecule has 0 spiro atoms. The molecule has 2 heterocycles. The highest BCUT2D eigenvalue weighted by Crippen LogP contribution is 2.38. The maximum absolute atomic E-state index is 12.8. The first kappa shape index (κ1) is 15.4. The SMILES string of the molecule is CC(C)c1cccc2sc(N(Cc3ccco3)C(=O)C3CC3)nc12. The van der Waals surface area contributed by atoms with Crippen LogP contribution in [-0.4, -0.2) is 10.9 Å². The second-order valence-electron chi connectivity index (χ2n) is 6.62. The van der Waals surface area contributed by atoms with Crippen molar-refractivity contribution >= 4 is 32.6 Å². The fraction of sp³-hybridized carbons (Fsp3) is 0.368. The van der Waals surface area contributed by atoms with E-state index < -0.39 is 0 Å². The van der Waals surface area contributed by atoms with Crippen LogP contribution in [-0.2, 0) is 11.3 Å². The second-order valence-corrected chi connectivity index (χ2v) is 7.63. The van der Waals surface area contributed by atoms with Gasteiger partial charge in [0.05, 0.1) is 23.0 Å². The summed E-state index contributed by atoms with van der Waals surface area (Å²) in [4.78, 5) is 19.4. The van der Waals surface area contributed by atoms with Gasteiger partial charge >= 0.3 is 0 Å². The maximum Gasteiger partial charge on any atom is 0.232 e. The molecule has 0 saturated heterocycles. The Labute approximate surface area is 145 Å². The Bertz CT molecular complexity index is 863. The normalized spacial score (nSPS) is 14.5. The van der Waals surface area contributed by atoms with Gasteiger partial charge in [-0.3, -0.25) is 9.69 Å². The number of anilines is 1. The Balaban J connectivity index is 1.75. The Morgan fingerprint density at radius 1 is 1.33 bits per heavy atom. The zero-order valence-electron chi connectivity index (χ0n) is 13.9. The number of furan rings is 1. The molecule has 0 N–H and O–H groups in total. The number of nitrogens with zero attached hydrogens (tertiary/aromatic N) is 2. The predicted octanol–water partition coefficient (Wildman–Crippen LogP) is 4.96. The average molecular weight is 340 g/mol. The molecule has 4 rings (SSSR count). The van der Waals surface area contributed by atoms with E-state index in [2.05, 4.69) is 32.0 Å². The van der Waals surface area contributed by atoms with E-state index in [0.717, 1.165) is 34.0 Å². The molecule has 1 aliphatic carbocycles. The lowest BCUT2D eigenvalue weighted by molar-refractivity contribution is -0.120. The molecule has 1 amide bonds. The average Bonchev–Trinajstić information content (AvgIpc) is 3.12. The molecule has 124 valence electrons. The zero-order chi connectivity index (χ0) is 16.7. The third-order valence-electron chi connectivity index (χ3n) is 4.38. The third-order valence-corrected chi connectivity index (χ3v) is 5.42. The van der Waals surface area contributed by atoms with Crippen LogP contribution in [0.3, 0.4) is 0 Å². The number of benzene rings is 1. The predicted molar refractivity (Wildman–Crippen MR) is 96.3 cm³/mol. The van der Waals surface area contributed by atoms with Gasteiger partial charge in [-0.25, -0.2) is 4.98 Å². The Morgan fingerprint density at radius 2 is 2.17 bits per heavy atom. The molecular formula is C19H20N2O2S. The Kier molecular flexibility index (Phi) is 3.88. The smallest absolute Gasteiger partial charge is 0.232 e. The number of para-hydroxylation sites is 1. The van der Waals surface area contributed by atoms with Crippen molar-refractivity contribution in [3.63, 3.8) is 0 Å². The lowest BCUT2D eigenvalue weighted by Crippen LogP contribution is -2.31. The molecule has 2 aromatic heterocycles. The first-order valence-corrected chi connectivity index (χ1v) is 9.18. The first-order chi connectivity index (χ1) is 11.6. The molecule has 24 heavy (non-hydrogen) atoms. The van der Waals surface area contributed by atoms with Gasteiger partial charge in [0, 0.05) is 5.92 Å². The number of fused-ring (bicyclic) bond motifs is 1. The standard InChI is InChI=1S/C19H20N2O2S/c1-12(2)15-6-3-7-16-17(15)20-19(24-16)21(18(22)13-8-9-13)11-14-5-4-10-23-14/h3-7,10,12-13H,8-9,11H2,1-2H3. The van der Waals surface area contributed by atoms with Crippen molar-refractivity contribution in [3.8, 4) is 0 Å². The number of aromatic nitrogens is 1. The number of amides is 1. The molecule has 4 nitrogen and oxygen atoms in total. The van der Waals surface area contributed by atoms with Crippen LogP contribution in [0.2, 0.25) is 0 Å². The second kappa shape index (κ2) is 6.06. The highest BCUT2D eigenvalue weighted by molar-refractivity contribution is 7.22. The third kappa shape index (κ3) is 2.84. The highest BCUT2D eigenvalue weighted by Gasteiger charge is 2.35. The van der Waals surface area contributed by atoms with Crippen molar-refractivity contribution in [3.05, 3.63) is 47.9 Å². The van der Waals surface area contributed by atoms with Crippen LogP contribution in [0, 0.1) is 5.92 Å². The van der Waals surface area contributed by atoms with Crippen LogP contribution in [0.25, 0.3) is 10.2 Å². The molecule has 5 heteroatoms. The first-order valence-electron chi connectivity index (χ1n) is 8.36. The fourth-order valence-electron chi connectivity index (χ4n) is 2.89. The van der Waals surface area contributed by atoms with Crippen LogP contribution in [0.15, 0.2) is 41.0 Å². The van der Waals surface area contributed by atoms with Crippen molar-refractivity contribution < 1.29 is 9.21 Å². The van der Waals surface area contributed by atoms with Gasteiger partial charge in [0.2, 0.25) is 5.91 Å². The van der Waals surface area contributed by atoms with Crippen molar-refractivity contribution in [2.75, 3.05) is 4.90 Å². The number of rotatable bonds is 5. The van der Waals surface area contributed by atoms with Crippen molar-refractivity contribution in [2.24, 2.45) is 5.92 Å². The van der Waals surface area contributed by atoms with E-state index >= 15 is 0 Å². The quantitative estimate of drug-likeness (QED) is 0.660. The fourth-order valence-corrected chi connectivity index (χ4v) is 3.89. The van der Waals surface area contributed by atoms with E-state index in [9.17, 15) is 4.79 Å². The van der Waals surface area contributed by atoms with E-state index in [4.69, 9.17) is 9.40 Å². The molecule has 1 aromatic carbocycles. The van der Waals surface area contributed by atoms with Crippen LogP contribution >= 0.6 is 11.3 Å². The van der Waals surface area contributed by atoms with Crippen molar-refractivity contribution in [2.45, 2.75) is 39.2 Å². The summed E-state index contributed by atoms with van der Waals surface area (Å²) in [6.07, 6.45) is 3.61. The molecule has 0 unspecified atom stereocenters. The summed E-state index contributed by atoms with van der Waals surface area (Å²) >= 11 is 1.58. The Morgan fingerprint density at radius 3 is 2.83 bits per heavy atom. The molecule has 0 aliphatic heterocycles. The van der Waals surface area contributed by atoms with E-state index in [1.54, 1.807) is 22.5 Å². The van der Waals surface area contributed by atoms with Crippen LogP contribution in [0.4, 0.5) is 5.13 Å². The minimum atomic E-state index is 0.150. The summed E-state index contributed by atoms with van der Waals surface area (Å²) in [5.41, 5.74) is 2.24. The van der Waals surface area contributed by atoms with Gasteiger partial charge in [-0.2, -0.15) is 0 Å². The number of carbonyl (C=O) groups is 1. The largest absolute Gasteiger partial charge is 0.467 e. The molecule has 1 saturated carbocycles. The summed E-state index contributed by atoms with van der Waals surface area (Å²) in [6.45, 7) is 4.78. The van der Waals surface area contributed by atoms with Crippen LogP contribution in [0.1, 0.15) is 43.9 Å². The Hall–Kier alpha value is -2.14. The molecule has 1 aliphatic rings. The number of hydrogen-bond acceptors (Lipinski definition) is 4. The number of hydrogen-bond donors (Lipinski definition) is 0. The number of thiazole rings is 1. The monoisotopic (exact) mass is 340 g/mol. The summed E-state index contributed by atoms with van der Waals surface area (Å²) < 4.78 is 6.58. The van der Waals surface area contributed by atoms with E-state index in [0.29, 0.717) is 12.5 Å². The molecule has 1 fully saturated rings. The lowest BCUT2D eigenvalue weighted by atomic mass is 10.0. The summed E-state index contributed by atoms with van der Waals surface area (Å²) in [7, 11) is 0. The van der Waals surface area contributed by atoms with Crippen LogP contribution in [0.5, 0.6) is 0 Å². The van der Waals surface area contributed by atoms with E-state index in [1.807, 2.05) is 12.1 Å². The molecular weight excluding hydrogens is 320 g/mol. The van der Waals surface area contributed by atoms with E-state index in [-0.39, 0.29) is 11.8 Å². The minimum absolute atomic E-state index is 0.150. The van der Waals surface area contributed by atoms with Gasteiger partial charge in [-0.05, 0) is 42.5 Å². The van der Waals surface area contributed by atoms with Gasteiger partial charge in [0.25, 0.3) is 0 Å². The molecule has 0 bridgehead atoms. The summed E-state index contributed by atoms with van der Waals surface area (Å²) in [6, 6.07) is 10.0. The molecule has 0 radical (unpaired) electrons. The van der Waals surface area contributed by atoms with Crippen LogP contribution < -0.4 is 4.90 Å². The lowest BCUT2D eigenvalue weighted by Gasteiger charge is -2.18. The van der Waals surface area contributed by atoms with Crippen molar-refractivity contribution in [1.82, 2.24) is 4.98 Å². The van der Waals surface area contributed by atoms with Gasteiger partial charge in [0.15, 0.2) is 5.13 Å². The van der Waals surface area contributed by atoms with E-state index in [1.165, 1.54) is 5.56 Å². The molecule has 3 aromatic rings. The highest BCUT2D eigenvalue weighted by atomic mass is 32.1. The number of carbonyl (C=O) groups excluding carboxylic acids is 1.